The maximum atomic E-state index is 12.1. The standard InChI is InChI=1S/C7H5FN/c8-7-3-1-6(5-9)2-4-7/h1-5H. The Morgan fingerprint density at radius 3 is 2.22 bits per heavy atom. The third kappa shape index (κ3) is 1.35. The summed E-state index contributed by atoms with van der Waals surface area (Å²) in [6, 6.07) is 5.58. The molecule has 0 saturated heterocycles. The van der Waals surface area contributed by atoms with E-state index in [2.05, 4.69) is 0 Å². The highest BCUT2D eigenvalue weighted by atomic mass is 19.1. The number of halogens is 1. The van der Waals surface area contributed by atoms with Crippen molar-refractivity contribution in [3.05, 3.63) is 35.6 Å². The first-order valence-corrected chi connectivity index (χ1v) is 2.56. The van der Waals surface area contributed by atoms with Crippen molar-refractivity contribution in [1.29, 1.82) is 0 Å². The van der Waals surface area contributed by atoms with Crippen LogP contribution < -0.4 is 5.41 Å². The summed E-state index contributed by atoms with van der Waals surface area (Å²) in [5, 5.41) is 8.38. The van der Waals surface area contributed by atoms with Crippen LogP contribution in [0.15, 0.2) is 24.3 Å². The van der Waals surface area contributed by atoms with Gasteiger partial charge < -0.3 is 0 Å². The van der Waals surface area contributed by atoms with Crippen molar-refractivity contribution in [2.24, 2.45) is 0 Å². The number of rotatable bonds is 1. The van der Waals surface area contributed by atoms with Crippen molar-refractivity contribution < 1.29 is 4.39 Å². The van der Waals surface area contributed by atoms with Crippen molar-refractivity contribution in [1.82, 2.24) is 5.41 Å². The number of nitrogens with zero attached hydrogens (tertiary/aromatic N) is 1. The van der Waals surface area contributed by atoms with Gasteiger partial charge in [0.1, 0.15) is 5.82 Å². The van der Waals surface area contributed by atoms with Crippen LogP contribution in [0.4, 0.5) is 4.39 Å². The number of hydrogen-bond donors (Lipinski definition) is 0. The maximum absolute atomic E-state index is 12.1. The molecule has 1 rings (SSSR count). The average Bonchev–Trinajstić information content (AvgIpc) is 1.90. The highest BCUT2D eigenvalue weighted by molar-refractivity contribution is 5.77. The fraction of sp³-hybridized carbons (Fsp3) is 0. The lowest BCUT2D eigenvalue weighted by Gasteiger charge is -1.87. The van der Waals surface area contributed by atoms with E-state index in [1.165, 1.54) is 24.3 Å². The molecule has 1 aromatic rings. The minimum atomic E-state index is -0.291. The number of hydrogen-bond acceptors (Lipinski definition) is 0. The average molecular weight is 122 g/mol. The second-order valence-electron chi connectivity index (χ2n) is 1.68. The molecular weight excluding hydrogens is 117 g/mol. The summed E-state index contributed by atoms with van der Waals surface area (Å²) in [5.74, 6) is -0.291. The van der Waals surface area contributed by atoms with Crippen LogP contribution in [0.3, 0.4) is 0 Å². The molecule has 0 unspecified atom stereocenters. The molecule has 0 bridgehead atoms. The molecule has 0 aliphatic rings. The van der Waals surface area contributed by atoms with Gasteiger partial charge in [-0.05, 0) is 17.7 Å². The van der Waals surface area contributed by atoms with Crippen LogP contribution in [0.5, 0.6) is 0 Å². The van der Waals surface area contributed by atoms with Crippen molar-refractivity contribution in [2.45, 2.75) is 0 Å². The van der Waals surface area contributed by atoms with Gasteiger partial charge in [-0.3, -0.25) is 0 Å². The topological polar surface area (TPSA) is 22.3 Å². The first-order chi connectivity index (χ1) is 4.33. The van der Waals surface area contributed by atoms with Crippen molar-refractivity contribution >= 4 is 6.21 Å². The van der Waals surface area contributed by atoms with Crippen LogP contribution >= 0.6 is 0 Å². The summed E-state index contributed by atoms with van der Waals surface area (Å²) in [4.78, 5) is 0. The Balaban J connectivity index is 3.01. The second kappa shape index (κ2) is 2.40. The molecular formula is C7H5FN. The van der Waals surface area contributed by atoms with E-state index >= 15 is 0 Å². The van der Waals surface area contributed by atoms with E-state index in [0.29, 0.717) is 5.56 Å². The van der Waals surface area contributed by atoms with Gasteiger partial charge in [-0.2, -0.15) is 5.41 Å². The zero-order valence-corrected chi connectivity index (χ0v) is 4.71. The van der Waals surface area contributed by atoms with Crippen LogP contribution in [0.2, 0.25) is 0 Å². The molecule has 0 amide bonds. The molecule has 0 aromatic heterocycles. The molecule has 0 saturated carbocycles. The van der Waals surface area contributed by atoms with E-state index in [9.17, 15) is 4.39 Å². The lowest BCUT2D eigenvalue weighted by atomic mass is 10.2. The number of benzene rings is 1. The summed E-state index contributed by atoms with van der Waals surface area (Å²) < 4.78 is 12.1. The summed E-state index contributed by atoms with van der Waals surface area (Å²) in [7, 11) is 0. The van der Waals surface area contributed by atoms with Crippen LogP contribution in [0.25, 0.3) is 0 Å². The molecule has 0 heterocycles. The van der Waals surface area contributed by atoms with E-state index in [4.69, 9.17) is 5.41 Å². The van der Waals surface area contributed by atoms with Crippen LogP contribution in [-0.4, -0.2) is 6.21 Å². The second-order valence-corrected chi connectivity index (χ2v) is 1.68. The Bertz CT molecular complexity index is 203. The largest absolute Gasteiger partial charge is 0.207 e. The molecule has 0 aliphatic heterocycles. The van der Waals surface area contributed by atoms with Gasteiger partial charge in [-0.1, -0.05) is 12.1 Å². The highest BCUT2D eigenvalue weighted by Crippen LogP contribution is 1.98. The molecule has 0 aliphatic carbocycles. The first-order valence-electron chi connectivity index (χ1n) is 2.56. The molecule has 1 aromatic carbocycles. The van der Waals surface area contributed by atoms with Crippen LogP contribution in [0, 0.1) is 5.82 Å². The quantitative estimate of drug-likeness (QED) is 0.497. The molecule has 0 N–H and O–H groups in total. The lowest BCUT2D eigenvalue weighted by molar-refractivity contribution is 0.628. The minimum Gasteiger partial charge on any atom is -0.207 e. The predicted octanol–water partition coefficient (Wildman–Crippen LogP) is 1.04. The van der Waals surface area contributed by atoms with E-state index in [1.54, 1.807) is 0 Å². The van der Waals surface area contributed by atoms with Crippen molar-refractivity contribution in [2.75, 3.05) is 0 Å². The monoisotopic (exact) mass is 122 g/mol. The lowest BCUT2D eigenvalue weighted by Crippen LogP contribution is -1.80. The Kier molecular flexibility index (Phi) is 1.58. The molecule has 0 fully saturated rings. The molecule has 45 valence electrons. The first kappa shape index (κ1) is 5.95. The van der Waals surface area contributed by atoms with Crippen LogP contribution in [-0.2, 0) is 0 Å². The smallest absolute Gasteiger partial charge is 0.123 e. The van der Waals surface area contributed by atoms with E-state index in [1.807, 2.05) is 0 Å². The molecule has 0 spiro atoms. The summed E-state index contributed by atoms with van der Waals surface area (Å²) in [6.07, 6.45) is 0.930. The minimum absolute atomic E-state index is 0.291. The summed E-state index contributed by atoms with van der Waals surface area (Å²) in [5.41, 5.74) is 0.608. The third-order valence-electron chi connectivity index (χ3n) is 1.02. The Hall–Kier alpha value is -1.18. The van der Waals surface area contributed by atoms with Gasteiger partial charge in [0.05, 0.1) is 6.21 Å². The molecule has 0 atom stereocenters. The van der Waals surface area contributed by atoms with Crippen LogP contribution in [0.1, 0.15) is 5.56 Å². The van der Waals surface area contributed by atoms with Gasteiger partial charge in [0.25, 0.3) is 0 Å². The molecule has 1 radical (unpaired) electrons. The molecule has 1 nitrogen and oxygen atoms in total. The van der Waals surface area contributed by atoms with Gasteiger partial charge in [0.2, 0.25) is 0 Å². The van der Waals surface area contributed by atoms with Gasteiger partial charge in [0.15, 0.2) is 0 Å². The fourth-order valence-corrected chi connectivity index (χ4v) is 0.549. The highest BCUT2D eigenvalue weighted by Gasteiger charge is 1.86. The van der Waals surface area contributed by atoms with Gasteiger partial charge in [0, 0.05) is 0 Å². The Labute approximate surface area is 52.6 Å². The van der Waals surface area contributed by atoms with Gasteiger partial charge >= 0.3 is 0 Å². The van der Waals surface area contributed by atoms with Gasteiger partial charge in [-0.15, -0.1) is 0 Å². The van der Waals surface area contributed by atoms with Crippen molar-refractivity contribution in [3.8, 4) is 0 Å². The fourth-order valence-electron chi connectivity index (χ4n) is 0.549. The van der Waals surface area contributed by atoms with E-state index < -0.39 is 0 Å². The summed E-state index contributed by atoms with van der Waals surface area (Å²) in [6.45, 7) is 0. The molecule has 9 heavy (non-hydrogen) atoms. The Morgan fingerprint density at radius 1 is 1.22 bits per heavy atom. The third-order valence-corrected chi connectivity index (χ3v) is 1.02. The SMILES string of the molecule is [N]=Cc1ccc(F)cc1. The zero-order chi connectivity index (χ0) is 6.69. The van der Waals surface area contributed by atoms with E-state index in [-0.39, 0.29) is 5.82 Å². The van der Waals surface area contributed by atoms with Gasteiger partial charge in [-0.25, -0.2) is 4.39 Å². The predicted molar refractivity (Wildman–Crippen MR) is 33.7 cm³/mol. The van der Waals surface area contributed by atoms with Crippen molar-refractivity contribution in [3.63, 3.8) is 0 Å². The molecule has 2 heteroatoms. The normalized spacial score (nSPS) is 9.00. The Morgan fingerprint density at radius 2 is 1.78 bits per heavy atom. The maximum Gasteiger partial charge on any atom is 0.123 e. The van der Waals surface area contributed by atoms with E-state index in [0.717, 1.165) is 6.21 Å². The summed E-state index contributed by atoms with van der Waals surface area (Å²) >= 11 is 0. The zero-order valence-electron chi connectivity index (χ0n) is 4.71.